The van der Waals surface area contributed by atoms with Crippen molar-refractivity contribution in [2.45, 2.75) is 24.3 Å². The summed E-state index contributed by atoms with van der Waals surface area (Å²) < 4.78 is 24.0. The molecule has 0 saturated carbocycles. The van der Waals surface area contributed by atoms with E-state index >= 15 is 0 Å². The topological polar surface area (TPSA) is 74.7 Å². The number of hydrogen-bond acceptors (Lipinski definition) is 4. The zero-order valence-electron chi connectivity index (χ0n) is 12.1. The van der Waals surface area contributed by atoms with Crippen molar-refractivity contribution in [3.8, 4) is 0 Å². The summed E-state index contributed by atoms with van der Waals surface area (Å²) >= 11 is 0. The average Bonchev–Trinajstić information content (AvgIpc) is 2.42. The summed E-state index contributed by atoms with van der Waals surface area (Å²) in [5.74, 6) is -0.349. The van der Waals surface area contributed by atoms with E-state index in [1.54, 1.807) is 18.2 Å². The van der Waals surface area contributed by atoms with Gasteiger partial charge in [0, 0.05) is 11.5 Å². The molecule has 114 valence electrons. The van der Waals surface area contributed by atoms with Gasteiger partial charge in [-0.2, -0.15) is 0 Å². The number of hydrogen-bond donors (Lipinski definition) is 1. The summed E-state index contributed by atoms with van der Waals surface area (Å²) in [6.07, 6.45) is 1.04. The molecule has 1 fully saturated rings. The van der Waals surface area contributed by atoms with Crippen LogP contribution in [0.3, 0.4) is 0 Å². The molecule has 0 atom stereocenters. The summed E-state index contributed by atoms with van der Waals surface area (Å²) in [5.41, 5.74) is -0.859. The maximum Gasteiger partial charge on any atom is 0.247 e. The van der Waals surface area contributed by atoms with Gasteiger partial charge in [-0.1, -0.05) is 32.0 Å². The number of sulfone groups is 1. The third-order valence-electron chi connectivity index (χ3n) is 3.78. The Labute approximate surface area is 124 Å². The first-order valence-electron chi connectivity index (χ1n) is 6.74. The molecule has 1 N–H and O–H groups in total. The van der Waals surface area contributed by atoms with Gasteiger partial charge in [0.1, 0.15) is 5.60 Å². The van der Waals surface area contributed by atoms with Crippen LogP contribution in [0.2, 0.25) is 0 Å². The Balaban J connectivity index is 2.01. The number of nitrogens with zero attached hydrogens (tertiary/aromatic N) is 1. The molecule has 5 nitrogen and oxygen atoms in total. The molecule has 0 bridgehead atoms. The Kier molecular flexibility index (Phi) is 4.20. The lowest BCUT2D eigenvalue weighted by molar-refractivity contribution is -0.158. The average molecular weight is 309 g/mol. The summed E-state index contributed by atoms with van der Waals surface area (Å²) in [5, 5.41) is 11.0. The van der Waals surface area contributed by atoms with Gasteiger partial charge in [0.05, 0.1) is 18.0 Å². The van der Waals surface area contributed by atoms with Crippen molar-refractivity contribution in [1.82, 2.24) is 4.90 Å². The second-order valence-corrected chi connectivity index (χ2v) is 7.45. The second kappa shape index (κ2) is 5.61. The van der Waals surface area contributed by atoms with Gasteiger partial charge in [0.2, 0.25) is 5.91 Å². The fourth-order valence-corrected chi connectivity index (χ4v) is 3.07. The quantitative estimate of drug-likeness (QED) is 0.848. The monoisotopic (exact) mass is 309 g/mol. The van der Waals surface area contributed by atoms with Crippen molar-refractivity contribution in [3.05, 3.63) is 41.8 Å². The van der Waals surface area contributed by atoms with E-state index in [0.29, 0.717) is 0 Å². The molecule has 1 aliphatic rings. The van der Waals surface area contributed by atoms with Crippen LogP contribution in [-0.4, -0.2) is 43.0 Å². The van der Waals surface area contributed by atoms with E-state index in [1.165, 1.54) is 17.0 Å². The van der Waals surface area contributed by atoms with Crippen LogP contribution in [-0.2, 0) is 14.6 Å². The molecule has 1 aromatic rings. The highest BCUT2D eigenvalue weighted by atomic mass is 32.2. The number of β-amino-alcohol motifs (C(OH)–C–C–N with tert-alkyl or cyclic N) is 1. The molecular weight excluding hydrogens is 290 g/mol. The number of amides is 1. The Morgan fingerprint density at radius 3 is 2.38 bits per heavy atom. The lowest BCUT2D eigenvalue weighted by atomic mass is 9.83. The van der Waals surface area contributed by atoms with Gasteiger partial charge < -0.3 is 10.0 Å². The molecule has 0 radical (unpaired) electrons. The van der Waals surface area contributed by atoms with Crippen LogP contribution in [0.1, 0.15) is 13.8 Å². The van der Waals surface area contributed by atoms with Crippen molar-refractivity contribution in [3.63, 3.8) is 0 Å². The summed E-state index contributed by atoms with van der Waals surface area (Å²) in [6.45, 7) is 4.24. The minimum atomic E-state index is -3.61. The van der Waals surface area contributed by atoms with Gasteiger partial charge >= 0.3 is 0 Å². The first-order valence-corrected chi connectivity index (χ1v) is 8.29. The zero-order valence-corrected chi connectivity index (χ0v) is 12.9. The molecule has 1 aliphatic heterocycles. The Morgan fingerprint density at radius 2 is 1.86 bits per heavy atom. The molecule has 0 aromatic heterocycles. The number of benzene rings is 1. The Hall–Kier alpha value is -1.66. The molecule has 2 rings (SSSR count). The number of rotatable bonds is 4. The van der Waals surface area contributed by atoms with Gasteiger partial charge in [0.15, 0.2) is 9.84 Å². The van der Waals surface area contributed by atoms with Crippen molar-refractivity contribution >= 4 is 15.7 Å². The van der Waals surface area contributed by atoms with Gasteiger partial charge in [-0.3, -0.25) is 4.79 Å². The molecule has 1 amide bonds. The van der Waals surface area contributed by atoms with Crippen molar-refractivity contribution in [2.24, 2.45) is 5.92 Å². The molecule has 0 spiro atoms. The number of likely N-dealkylation sites (tertiary alicyclic amines) is 1. The van der Waals surface area contributed by atoms with Crippen LogP contribution in [0, 0.1) is 5.92 Å². The lowest BCUT2D eigenvalue weighted by Gasteiger charge is -2.48. The first-order chi connectivity index (χ1) is 9.74. The van der Waals surface area contributed by atoms with Gasteiger partial charge in [0.25, 0.3) is 0 Å². The number of carbonyl (C=O) groups is 1. The normalized spacial score (nSPS) is 18.0. The molecule has 0 unspecified atom stereocenters. The van der Waals surface area contributed by atoms with E-state index in [4.69, 9.17) is 0 Å². The van der Waals surface area contributed by atoms with Crippen LogP contribution in [0.15, 0.2) is 46.7 Å². The van der Waals surface area contributed by atoms with Gasteiger partial charge in [-0.05, 0) is 18.1 Å². The standard InChI is InChI=1S/C15H19NO4S/c1-12(2)15(18)10-16(11-15)14(17)8-9-21(19,20)13-6-4-3-5-7-13/h3-9,12,18H,10-11H2,1-2H3. The Morgan fingerprint density at radius 1 is 1.29 bits per heavy atom. The van der Waals surface area contributed by atoms with Crippen LogP contribution in [0.4, 0.5) is 0 Å². The molecule has 1 heterocycles. The van der Waals surface area contributed by atoms with Crippen LogP contribution in [0.25, 0.3) is 0 Å². The van der Waals surface area contributed by atoms with Crippen LogP contribution >= 0.6 is 0 Å². The fraction of sp³-hybridized carbons (Fsp3) is 0.400. The highest BCUT2D eigenvalue weighted by molar-refractivity contribution is 7.94. The minimum absolute atomic E-state index is 0.0542. The highest BCUT2D eigenvalue weighted by Crippen LogP contribution is 2.28. The van der Waals surface area contributed by atoms with Crippen LogP contribution in [0.5, 0.6) is 0 Å². The lowest BCUT2D eigenvalue weighted by Crippen LogP contribution is -2.65. The van der Waals surface area contributed by atoms with Crippen molar-refractivity contribution in [1.29, 1.82) is 0 Å². The fourth-order valence-electron chi connectivity index (χ4n) is 2.08. The maximum absolute atomic E-state index is 12.0. The summed E-state index contributed by atoms with van der Waals surface area (Å²) in [6, 6.07) is 7.93. The van der Waals surface area contributed by atoms with Gasteiger partial charge in [-0.25, -0.2) is 8.42 Å². The number of carbonyl (C=O) groups excluding carboxylic acids is 1. The smallest absolute Gasteiger partial charge is 0.247 e. The van der Waals surface area contributed by atoms with E-state index in [0.717, 1.165) is 11.5 Å². The van der Waals surface area contributed by atoms with E-state index < -0.39 is 21.3 Å². The molecule has 1 saturated heterocycles. The maximum atomic E-state index is 12.0. The van der Waals surface area contributed by atoms with E-state index in [-0.39, 0.29) is 23.9 Å². The van der Waals surface area contributed by atoms with E-state index in [2.05, 4.69) is 0 Å². The minimum Gasteiger partial charge on any atom is -0.386 e. The van der Waals surface area contributed by atoms with Crippen molar-refractivity contribution in [2.75, 3.05) is 13.1 Å². The van der Waals surface area contributed by atoms with E-state index in [1.807, 2.05) is 13.8 Å². The predicted molar refractivity (Wildman–Crippen MR) is 79.1 cm³/mol. The Bertz CT molecular complexity index is 644. The first kappa shape index (κ1) is 15.7. The van der Waals surface area contributed by atoms with E-state index in [9.17, 15) is 18.3 Å². The van der Waals surface area contributed by atoms with Crippen LogP contribution < -0.4 is 0 Å². The highest BCUT2D eigenvalue weighted by Gasteiger charge is 2.45. The summed E-state index contributed by atoms with van der Waals surface area (Å²) in [4.78, 5) is 13.5. The number of aliphatic hydroxyl groups is 1. The van der Waals surface area contributed by atoms with Crippen molar-refractivity contribution < 1.29 is 18.3 Å². The molecule has 6 heteroatoms. The second-order valence-electron chi connectivity index (χ2n) is 5.61. The largest absolute Gasteiger partial charge is 0.386 e. The predicted octanol–water partition coefficient (Wildman–Crippen LogP) is 1.20. The SMILES string of the molecule is CC(C)C1(O)CN(C(=O)C=CS(=O)(=O)c2ccccc2)C1. The summed E-state index contributed by atoms with van der Waals surface area (Å²) in [7, 11) is -3.61. The molecule has 0 aliphatic carbocycles. The molecule has 1 aromatic carbocycles. The molecule has 21 heavy (non-hydrogen) atoms. The third-order valence-corrected chi connectivity index (χ3v) is 5.20. The third kappa shape index (κ3) is 3.33. The molecular formula is C15H19NO4S. The van der Waals surface area contributed by atoms with Gasteiger partial charge in [-0.15, -0.1) is 0 Å². The zero-order chi connectivity index (χ0) is 15.7.